The van der Waals surface area contributed by atoms with E-state index in [9.17, 15) is 5.11 Å². The Morgan fingerprint density at radius 3 is 2.42 bits per heavy atom. The SMILES string of the molecule is OC1CCCCC1N1CC=CC1. The highest BCUT2D eigenvalue weighted by molar-refractivity contribution is 4.99. The lowest BCUT2D eigenvalue weighted by Gasteiger charge is -2.34. The summed E-state index contributed by atoms with van der Waals surface area (Å²) in [6.07, 6.45) is 9.00. The molecule has 2 unspecified atom stereocenters. The van der Waals surface area contributed by atoms with Gasteiger partial charge in [0.2, 0.25) is 0 Å². The molecule has 0 radical (unpaired) electrons. The summed E-state index contributed by atoms with van der Waals surface area (Å²) in [5.41, 5.74) is 0. The highest BCUT2D eigenvalue weighted by Crippen LogP contribution is 2.24. The zero-order chi connectivity index (χ0) is 8.39. The molecule has 1 aliphatic carbocycles. The van der Waals surface area contributed by atoms with E-state index >= 15 is 0 Å². The second-order valence-electron chi connectivity index (χ2n) is 3.84. The molecule has 1 saturated carbocycles. The molecule has 1 aliphatic heterocycles. The second kappa shape index (κ2) is 3.58. The van der Waals surface area contributed by atoms with Crippen LogP contribution in [0.5, 0.6) is 0 Å². The molecule has 12 heavy (non-hydrogen) atoms. The monoisotopic (exact) mass is 167 g/mol. The van der Waals surface area contributed by atoms with E-state index in [4.69, 9.17) is 0 Å². The van der Waals surface area contributed by atoms with Crippen LogP contribution in [0.1, 0.15) is 25.7 Å². The lowest BCUT2D eigenvalue weighted by molar-refractivity contribution is 0.0336. The Morgan fingerprint density at radius 2 is 1.75 bits per heavy atom. The Morgan fingerprint density at radius 1 is 1.08 bits per heavy atom. The highest BCUT2D eigenvalue weighted by Gasteiger charge is 2.28. The lowest BCUT2D eigenvalue weighted by Crippen LogP contribution is -2.44. The first-order chi connectivity index (χ1) is 5.88. The van der Waals surface area contributed by atoms with Crippen LogP contribution in [-0.4, -0.2) is 35.2 Å². The Kier molecular flexibility index (Phi) is 2.47. The molecule has 2 atom stereocenters. The van der Waals surface area contributed by atoms with Crippen LogP contribution < -0.4 is 0 Å². The van der Waals surface area contributed by atoms with Gasteiger partial charge in [-0.1, -0.05) is 25.0 Å². The first kappa shape index (κ1) is 8.27. The van der Waals surface area contributed by atoms with Gasteiger partial charge in [0.15, 0.2) is 0 Å². The van der Waals surface area contributed by atoms with Crippen molar-refractivity contribution < 1.29 is 5.11 Å². The summed E-state index contributed by atoms with van der Waals surface area (Å²) in [4.78, 5) is 2.38. The fourth-order valence-electron chi connectivity index (χ4n) is 2.28. The number of nitrogens with zero attached hydrogens (tertiary/aromatic N) is 1. The molecular weight excluding hydrogens is 150 g/mol. The number of hydrogen-bond donors (Lipinski definition) is 1. The van der Waals surface area contributed by atoms with Gasteiger partial charge in [0.25, 0.3) is 0 Å². The van der Waals surface area contributed by atoms with Gasteiger partial charge in [0.1, 0.15) is 0 Å². The van der Waals surface area contributed by atoms with Gasteiger partial charge in [-0.05, 0) is 12.8 Å². The number of aliphatic hydroxyl groups excluding tert-OH is 1. The van der Waals surface area contributed by atoms with Crippen LogP contribution in [0.2, 0.25) is 0 Å². The molecule has 0 saturated heterocycles. The fraction of sp³-hybridized carbons (Fsp3) is 0.800. The molecular formula is C10H17NO. The van der Waals surface area contributed by atoms with Crippen molar-refractivity contribution in [2.75, 3.05) is 13.1 Å². The molecule has 0 aromatic heterocycles. The van der Waals surface area contributed by atoms with Crippen molar-refractivity contribution >= 4 is 0 Å². The average molecular weight is 167 g/mol. The summed E-state index contributed by atoms with van der Waals surface area (Å²) in [5.74, 6) is 0. The van der Waals surface area contributed by atoms with Gasteiger partial charge < -0.3 is 5.11 Å². The quantitative estimate of drug-likeness (QED) is 0.592. The third-order valence-corrected chi connectivity index (χ3v) is 3.01. The van der Waals surface area contributed by atoms with Gasteiger partial charge in [0, 0.05) is 19.1 Å². The molecule has 68 valence electrons. The first-order valence-electron chi connectivity index (χ1n) is 4.95. The Hall–Kier alpha value is -0.340. The van der Waals surface area contributed by atoms with Crippen LogP contribution in [0, 0.1) is 0 Å². The Bertz CT molecular complexity index is 171. The van der Waals surface area contributed by atoms with Gasteiger partial charge in [-0.2, -0.15) is 0 Å². The van der Waals surface area contributed by atoms with Crippen LogP contribution in [0.3, 0.4) is 0 Å². The predicted molar refractivity (Wildman–Crippen MR) is 49.0 cm³/mol. The van der Waals surface area contributed by atoms with Gasteiger partial charge >= 0.3 is 0 Å². The van der Waals surface area contributed by atoms with Gasteiger partial charge in [-0.25, -0.2) is 0 Å². The minimum Gasteiger partial charge on any atom is -0.391 e. The molecule has 0 amide bonds. The molecule has 2 nitrogen and oxygen atoms in total. The normalized spacial score (nSPS) is 37.4. The van der Waals surface area contributed by atoms with Crippen molar-refractivity contribution in [1.82, 2.24) is 4.90 Å². The van der Waals surface area contributed by atoms with E-state index in [1.54, 1.807) is 0 Å². The Balaban J connectivity index is 1.92. The van der Waals surface area contributed by atoms with Crippen molar-refractivity contribution in [3.63, 3.8) is 0 Å². The van der Waals surface area contributed by atoms with Crippen LogP contribution in [0.4, 0.5) is 0 Å². The molecule has 1 heterocycles. The summed E-state index contributed by atoms with van der Waals surface area (Å²) in [5, 5.41) is 9.76. The summed E-state index contributed by atoms with van der Waals surface area (Å²) in [7, 11) is 0. The third kappa shape index (κ3) is 1.54. The van der Waals surface area contributed by atoms with E-state index in [0.29, 0.717) is 6.04 Å². The van der Waals surface area contributed by atoms with Crippen LogP contribution in [0.25, 0.3) is 0 Å². The largest absolute Gasteiger partial charge is 0.391 e. The first-order valence-corrected chi connectivity index (χ1v) is 4.95. The molecule has 0 aromatic rings. The standard InChI is InChI=1S/C10H17NO/c12-10-6-2-1-5-9(10)11-7-3-4-8-11/h3-4,9-10,12H,1-2,5-8H2. The lowest BCUT2D eigenvalue weighted by atomic mass is 9.91. The molecule has 1 fully saturated rings. The summed E-state index contributed by atoms with van der Waals surface area (Å²) in [6.45, 7) is 2.09. The fourth-order valence-corrected chi connectivity index (χ4v) is 2.28. The molecule has 0 spiro atoms. The number of hydrogen-bond acceptors (Lipinski definition) is 2. The van der Waals surface area contributed by atoms with E-state index in [1.165, 1.54) is 19.3 Å². The highest BCUT2D eigenvalue weighted by atomic mass is 16.3. The topological polar surface area (TPSA) is 23.5 Å². The van der Waals surface area contributed by atoms with E-state index < -0.39 is 0 Å². The number of rotatable bonds is 1. The zero-order valence-corrected chi connectivity index (χ0v) is 7.45. The minimum absolute atomic E-state index is 0.0707. The Labute approximate surface area is 73.9 Å². The molecule has 0 bridgehead atoms. The zero-order valence-electron chi connectivity index (χ0n) is 7.45. The van der Waals surface area contributed by atoms with Gasteiger partial charge in [-0.3, -0.25) is 4.90 Å². The van der Waals surface area contributed by atoms with Crippen LogP contribution in [0.15, 0.2) is 12.2 Å². The average Bonchev–Trinajstić information content (AvgIpc) is 2.57. The second-order valence-corrected chi connectivity index (χ2v) is 3.84. The third-order valence-electron chi connectivity index (χ3n) is 3.01. The minimum atomic E-state index is -0.0707. The number of aliphatic hydroxyl groups is 1. The summed E-state index contributed by atoms with van der Waals surface area (Å²) < 4.78 is 0. The predicted octanol–water partition coefficient (Wildman–Crippen LogP) is 1.16. The van der Waals surface area contributed by atoms with Crippen molar-refractivity contribution in [2.24, 2.45) is 0 Å². The summed E-state index contributed by atoms with van der Waals surface area (Å²) in [6, 6.07) is 0.439. The van der Waals surface area contributed by atoms with Gasteiger partial charge in [0.05, 0.1) is 6.10 Å². The van der Waals surface area contributed by atoms with Crippen LogP contribution >= 0.6 is 0 Å². The maximum atomic E-state index is 9.76. The van der Waals surface area contributed by atoms with Crippen molar-refractivity contribution in [3.05, 3.63) is 12.2 Å². The van der Waals surface area contributed by atoms with Gasteiger partial charge in [-0.15, -0.1) is 0 Å². The van der Waals surface area contributed by atoms with E-state index in [0.717, 1.165) is 19.5 Å². The van der Waals surface area contributed by atoms with Crippen LogP contribution in [-0.2, 0) is 0 Å². The molecule has 2 heteroatoms. The van der Waals surface area contributed by atoms with E-state index in [1.807, 2.05) is 0 Å². The van der Waals surface area contributed by atoms with E-state index in [-0.39, 0.29) is 6.10 Å². The smallest absolute Gasteiger partial charge is 0.0695 e. The van der Waals surface area contributed by atoms with E-state index in [2.05, 4.69) is 17.1 Å². The molecule has 2 rings (SSSR count). The summed E-state index contributed by atoms with van der Waals surface area (Å²) >= 11 is 0. The van der Waals surface area contributed by atoms with Crippen molar-refractivity contribution in [3.8, 4) is 0 Å². The van der Waals surface area contributed by atoms with Crippen molar-refractivity contribution in [2.45, 2.75) is 37.8 Å². The molecule has 0 aromatic carbocycles. The molecule has 1 N–H and O–H groups in total. The van der Waals surface area contributed by atoms with Crippen molar-refractivity contribution in [1.29, 1.82) is 0 Å². The maximum absolute atomic E-state index is 9.76. The molecule has 2 aliphatic rings. The maximum Gasteiger partial charge on any atom is 0.0695 e.